The van der Waals surface area contributed by atoms with E-state index in [0.717, 1.165) is 24.1 Å². The molecule has 0 fully saturated rings. The summed E-state index contributed by atoms with van der Waals surface area (Å²) in [6, 6.07) is 7.59. The molecule has 1 aromatic heterocycles. The van der Waals surface area contributed by atoms with E-state index >= 15 is 0 Å². The number of carbonyl (C=O) groups is 1. The summed E-state index contributed by atoms with van der Waals surface area (Å²) in [6.07, 6.45) is 3.57. The van der Waals surface area contributed by atoms with Crippen molar-refractivity contribution in [3.05, 3.63) is 52.3 Å². The lowest BCUT2D eigenvalue weighted by atomic mass is 10.1. The zero-order valence-electron chi connectivity index (χ0n) is 11.2. The van der Waals surface area contributed by atoms with Crippen molar-refractivity contribution < 1.29 is 4.79 Å². The highest BCUT2D eigenvalue weighted by molar-refractivity contribution is 6.31. The Morgan fingerprint density at radius 1 is 1.45 bits per heavy atom. The van der Waals surface area contributed by atoms with E-state index in [-0.39, 0.29) is 11.9 Å². The minimum atomic E-state index is -0.103. The lowest BCUT2D eigenvalue weighted by molar-refractivity contribution is 0.0928. The van der Waals surface area contributed by atoms with Crippen LogP contribution in [0.1, 0.15) is 34.1 Å². The first-order valence-corrected chi connectivity index (χ1v) is 6.93. The van der Waals surface area contributed by atoms with Gasteiger partial charge in [-0.15, -0.1) is 0 Å². The highest BCUT2D eigenvalue weighted by Gasteiger charge is 2.25. The summed E-state index contributed by atoms with van der Waals surface area (Å²) in [4.78, 5) is 12.3. The van der Waals surface area contributed by atoms with Gasteiger partial charge in [0, 0.05) is 18.9 Å². The van der Waals surface area contributed by atoms with Crippen LogP contribution in [0.4, 0.5) is 5.69 Å². The van der Waals surface area contributed by atoms with Crippen molar-refractivity contribution in [2.45, 2.75) is 18.9 Å². The Morgan fingerprint density at radius 3 is 2.95 bits per heavy atom. The van der Waals surface area contributed by atoms with Gasteiger partial charge in [0.25, 0.3) is 5.91 Å². The lowest BCUT2D eigenvalue weighted by Crippen LogP contribution is -2.28. The van der Waals surface area contributed by atoms with E-state index in [9.17, 15) is 4.79 Å². The summed E-state index contributed by atoms with van der Waals surface area (Å²) in [5.41, 5.74) is 9.51. The summed E-state index contributed by atoms with van der Waals surface area (Å²) in [5.74, 6) is -0.103. The highest BCUT2D eigenvalue weighted by Crippen LogP contribution is 2.32. The Balaban J connectivity index is 1.80. The average molecular weight is 290 g/mol. The van der Waals surface area contributed by atoms with Crippen molar-refractivity contribution in [3.63, 3.8) is 0 Å². The second kappa shape index (κ2) is 4.87. The first kappa shape index (κ1) is 13.1. The number of benzene rings is 1. The van der Waals surface area contributed by atoms with Crippen LogP contribution in [0.5, 0.6) is 0 Å². The molecule has 4 nitrogen and oxygen atoms in total. The fraction of sp³-hybridized carbons (Fsp3) is 0.267. The molecule has 2 aromatic rings. The summed E-state index contributed by atoms with van der Waals surface area (Å²) >= 11 is 5.91. The zero-order valence-corrected chi connectivity index (χ0v) is 11.9. The number of nitrogens with two attached hydrogens (primary N) is 1. The molecular formula is C15H16ClN3O. The molecule has 1 aliphatic rings. The fourth-order valence-electron chi connectivity index (χ4n) is 2.77. The van der Waals surface area contributed by atoms with Gasteiger partial charge in [-0.05, 0) is 42.2 Å². The van der Waals surface area contributed by atoms with Crippen molar-refractivity contribution in [2.75, 3.05) is 5.73 Å². The first-order valence-electron chi connectivity index (χ1n) is 6.55. The number of fused-ring (bicyclic) bond motifs is 1. The van der Waals surface area contributed by atoms with Gasteiger partial charge in [0.1, 0.15) is 5.69 Å². The standard InChI is InChI=1S/C15H16ClN3O/c1-19-8-10(16)7-14(19)15(20)18-13-5-2-9-6-11(17)3-4-12(9)13/h3-4,6-8,13H,2,5,17H2,1H3,(H,18,20). The molecular weight excluding hydrogens is 274 g/mol. The molecule has 3 rings (SSSR count). The lowest BCUT2D eigenvalue weighted by Gasteiger charge is -2.14. The van der Waals surface area contributed by atoms with E-state index < -0.39 is 0 Å². The maximum absolute atomic E-state index is 12.3. The monoisotopic (exact) mass is 289 g/mol. The second-order valence-electron chi connectivity index (χ2n) is 5.18. The van der Waals surface area contributed by atoms with Crippen LogP contribution < -0.4 is 11.1 Å². The molecule has 1 atom stereocenters. The predicted octanol–water partition coefficient (Wildman–Crippen LogP) is 2.68. The van der Waals surface area contributed by atoms with Gasteiger partial charge in [0.2, 0.25) is 0 Å². The normalized spacial score (nSPS) is 17.0. The van der Waals surface area contributed by atoms with Crippen molar-refractivity contribution in [3.8, 4) is 0 Å². The number of nitrogens with one attached hydrogen (secondary N) is 1. The van der Waals surface area contributed by atoms with E-state index in [1.54, 1.807) is 16.8 Å². The molecule has 20 heavy (non-hydrogen) atoms. The SMILES string of the molecule is Cn1cc(Cl)cc1C(=O)NC1CCc2cc(N)ccc21. The number of aryl methyl sites for hydroxylation is 2. The Kier molecular flexibility index (Phi) is 3.18. The maximum Gasteiger partial charge on any atom is 0.268 e. The number of carbonyl (C=O) groups excluding carboxylic acids is 1. The molecule has 0 spiro atoms. The number of amides is 1. The minimum absolute atomic E-state index is 0.0479. The van der Waals surface area contributed by atoms with E-state index in [2.05, 4.69) is 5.32 Å². The number of anilines is 1. The van der Waals surface area contributed by atoms with Crippen LogP contribution in [0.2, 0.25) is 5.02 Å². The first-order chi connectivity index (χ1) is 9.54. The van der Waals surface area contributed by atoms with E-state index in [4.69, 9.17) is 17.3 Å². The molecule has 0 aliphatic heterocycles. The van der Waals surface area contributed by atoms with Crippen LogP contribution >= 0.6 is 11.6 Å². The molecule has 1 aliphatic carbocycles. The van der Waals surface area contributed by atoms with Gasteiger partial charge in [0.15, 0.2) is 0 Å². The number of nitrogen functional groups attached to an aromatic ring is 1. The molecule has 0 saturated heterocycles. The molecule has 1 amide bonds. The van der Waals surface area contributed by atoms with Crippen LogP contribution in [-0.2, 0) is 13.5 Å². The van der Waals surface area contributed by atoms with Crippen LogP contribution in [0.3, 0.4) is 0 Å². The number of hydrogen-bond donors (Lipinski definition) is 2. The third-order valence-electron chi connectivity index (χ3n) is 3.75. The summed E-state index contributed by atoms with van der Waals surface area (Å²) in [5, 5.41) is 3.63. The number of halogens is 1. The molecule has 5 heteroatoms. The van der Waals surface area contributed by atoms with Crippen molar-refractivity contribution in [2.24, 2.45) is 7.05 Å². The molecule has 1 unspecified atom stereocenters. The van der Waals surface area contributed by atoms with Crippen LogP contribution in [0, 0.1) is 0 Å². The van der Waals surface area contributed by atoms with Gasteiger partial charge >= 0.3 is 0 Å². The van der Waals surface area contributed by atoms with Gasteiger partial charge in [-0.2, -0.15) is 0 Å². The number of nitrogens with zero attached hydrogens (tertiary/aromatic N) is 1. The minimum Gasteiger partial charge on any atom is -0.399 e. The molecule has 104 valence electrons. The van der Waals surface area contributed by atoms with E-state index in [1.165, 1.54) is 5.56 Å². The fourth-order valence-corrected chi connectivity index (χ4v) is 3.02. The second-order valence-corrected chi connectivity index (χ2v) is 5.61. The van der Waals surface area contributed by atoms with Crippen LogP contribution in [0.15, 0.2) is 30.5 Å². The Hall–Kier alpha value is -1.94. The summed E-state index contributed by atoms with van der Waals surface area (Å²) in [7, 11) is 1.81. The Morgan fingerprint density at radius 2 is 2.25 bits per heavy atom. The molecule has 0 saturated carbocycles. The third-order valence-corrected chi connectivity index (χ3v) is 3.96. The smallest absolute Gasteiger partial charge is 0.268 e. The van der Waals surface area contributed by atoms with Gasteiger partial charge in [0.05, 0.1) is 11.1 Å². The third kappa shape index (κ3) is 2.27. The van der Waals surface area contributed by atoms with Crippen LogP contribution in [0.25, 0.3) is 0 Å². The molecule has 0 radical (unpaired) electrons. The predicted molar refractivity (Wildman–Crippen MR) is 79.8 cm³/mol. The summed E-state index contributed by atoms with van der Waals surface area (Å²) in [6.45, 7) is 0. The average Bonchev–Trinajstić information content (AvgIpc) is 2.93. The van der Waals surface area contributed by atoms with Gasteiger partial charge in [-0.25, -0.2) is 0 Å². The topological polar surface area (TPSA) is 60.0 Å². The molecule has 1 aromatic carbocycles. The van der Waals surface area contributed by atoms with Gasteiger partial charge in [-0.1, -0.05) is 17.7 Å². The molecule has 0 bridgehead atoms. The Labute approximate surface area is 122 Å². The summed E-state index contributed by atoms with van der Waals surface area (Å²) < 4.78 is 1.73. The maximum atomic E-state index is 12.3. The molecule has 1 heterocycles. The van der Waals surface area contributed by atoms with Crippen molar-refractivity contribution in [1.29, 1.82) is 0 Å². The van der Waals surface area contributed by atoms with Crippen LogP contribution in [-0.4, -0.2) is 10.5 Å². The molecule has 3 N–H and O–H groups in total. The Bertz CT molecular complexity index is 678. The van der Waals surface area contributed by atoms with Crippen molar-refractivity contribution >= 4 is 23.2 Å². The number of aromatic nitrogens is 1. The zero-order chi connectivity index (χ0) is 14.3. The quantitative estimate of drug-likeness (QED) is 0.835. The number of hydrogen-bond acceptors (Lipinski definition) is 2. The van der Waals surface area contributed by atoms with Crippen molar-refractivity contribution in [1.82, 2.24) is 9.88 Å². The highest BCUT2D eigenvalue weighted by atomic mass is 35.5. The van der Waals surface area contributed by atoms with Gasteiger partial charge < -0.3 is 15.6 Å². The largest absolute Gasteiger partial charge is 0.399 e. The van der Waals surface area contributed by atoms with E-state index in [1.807, 2.05) is 25.2 Å². The van der Waals surface area contributed by atoms with Gasteiger partial charge in [-0.3, -0.25) is 4.79 Å². The number of rotatable bonds is 2. The van der Waals surface area contributed by atoms with E-state index in [0.29, 0.717) is 10.7 Å².